The highest BCUT2D eigenvalue weighted by atomic mass is 79.9. The third kappa shape index (κ3) is 4.17. The minimum atomic E-state index is -0.309. The number of benzene rings is 2. The van der Waals surface area contributed by atoms with Gasteiger partial charge >= 0.3 is 0 Å². The normalized spacial score (nSPS) is 10.2. The molecule has 0 saturated carbocycles. The number of amides is 1. The highest BCUT2D eigenvalue weighted by Crippen LogP contribution is 2.18. The summed E-state index contributed by atoms with van der Waals surface area (Å²) in [7, 11) is 0. The van der Waals surface area contributed by atoms with E-state index in [1.165, 1.54) is 12.1 Å². The maximum absolute atomic E-state index is 12.9. The van der Waals surface area contributed by atoms with Gasteiger partial charge < -0.3 is 10.6 Å². The molecule has 2 N–H and O–H groups in total. The van der Waals surface area contributed by atoms with E-state index in [2.05, 4.69) is 31.5 Å². The Morgan fingerprint density at radius 3 is 2.33 bits per heavy atom. The molecule has 24 heavy (non-hydrogen) atoms. The Morgan fingerprint density at radius 1 is 0.958 bits per heavy atom. The van der Waals surface area contributed by atoms with Crippen molar-refractivity contribution in [2.24, 2.45) is 0 Å². The smallest absolute Gasteiger partial charge is 0.255 e. The number of aromatic nitrogens is 1. The molecule has 0 atom stereocenters. The van der Waals surface area contributed by atoms with Gasteiger partial charge in [-0.3, -0.25) is 4.79 Å². The Morgan fingerprint density at radius 2 is 1.62 bits per heavy atom. The van der Waals surface area contributed by atoms with Gasteiger partial charge in [0.25, 0.3) is 5.91 Å². The largest absolute Gasteiger partial charge is 0.340 e. The highest BCUT2D eigenvalue weighted by molar-refractivity contribution is 9.10. The fourth-order valence-corrected chi connectivity index (χ4v) is 2.32. The molecule has 0 aliphatic heterocycles. The van der Waals surface area contributed by atoms with Gasteiger partial charge in [0, 0.05) is 27.6 Å². The van der Waals surface area contributed by atoms with Crippen molar-refractivity contribution in [1.29, 1.82) is 0 Å². The zero-order chi connectivity index (χ0) is 16.9. The lowest BCUT2D eigenvalue weighted by Gasteiger charge is -2.08. The zero-order valence-electron chi connectivity index (χ0n) is 12.5. The summed E-state index contributed by atoms with van der Waals surface area (Å²) in [6.07, 6.45) is 1.54. The van der Waals surface area contributed by atoms with Crippen molar-refractivity contribution < 1.29 is 9.18 Å². The van der Waals surface area contributed by atoms with Gasteiger partial charge in [0.1, 0.15) is 11.6 Å². The van der Waals surface area contributed by atoms with E-state index in [1.807, 2.05) is 12.1 Å². The Bertz CT molecular complexity index is 851. The minimum Gasteiger partial charge on any atom is -0.340 e. The molecule has 0 aliphatic carbocycles. The quantitative estimate of drug-likeness (QED) is 0.665. The number of hydrogen-bond donors (Lipinski definition) is 2. The van der Waals surface area contributed by atoms with Crippen molar-refractivity contribution in [3.8, 4) is 0 Å². The van der Waals surface area contributed by atoms with Gasteiger partial charge in [0.15, 0.2) is 0 Å². The lowest BCUT2D eigenvalue weighted by Crippen LogP contribution is -2.12. The molecule has 0 radical (unpaired) electrons. The SMILES string of the molecule is O=C(Nc1ccc(Br)cc1)c1ccnc(Nc2ccc(F)cc2)c1. The van der Waals surface area contributed by atoms with Gasteiger partial charge in [-0.2, -0.15) is 0 Å². The number of carbonyl (C=O) groups excluding carboxylic acids is 1. The van der Waals surface area contributed by atoms with Gasteiger partial charge in [-0.25, -0.2) is 9.37 Å². The second kappa shape index (κ2) is 7.23. The van der Waals surface area contributed by atoms with Gasteiger partial charge in [0.2, 0.25) is 0 Å². The number of halogens is 2. The van der Waals surface area contributed by atoms with Crippen LogP contribution in [0.1, 0.15) is 10.4 Å². The van der Waals surface area contributed by atoms with Crippen LogP contribution in [0.15, 0.2) is 71.3 Å². The molecule has 0 bridgehead atoms. The lowest BCUT2D eigenvalue weighted by atomic mass is 10.2. The predicted molar refractivity (Wildman–Crippen MR) is 96.0 cm³/mol. The van der Waals surface area contributed by atoms with Crippen LogP contribution in [0.5, 0.6) is 0 Å². The maximum atomic E-state index is 12.9. The van der Waals surface area contributed by atoms with E-state index < -0.39 is 0 Å². The predicted octanol–water partition coefficient (Wildman–Crippen LogP) is 4.98. The standard InChI is InChI=1S/C18H13BrFN3O/c19-13-1-5-16(6-2-13)23-18(24)12-9-10-21-17(11-12)22-15-7-3-14(20)4-8-15/h1-11H,(H,21,22)(H,23,24). The molecule has 0 aliphatic rings. The molecule has 0 unspecified atom stereocenters. The van der Waals surface area contributed by atoms with Crippen LogP contribution in [0.2, 0.25) is 0 Å². The fraction of sp³-hybridized carbons (Fsp3) is 0. The Labute approximate surface area is 146 Å². The first-order valence-corrected chi connectivity index (χ1v) is 7.95. The molecule has 1 aromatic heterocycles. The first kappa shape index (κ1) is 16.1. The number of hydrogen-bond acceptors (Lipinski definition) is 3. The van der Waals surface area contributed by atoms with Crippen LogP contribution in [0.3, 0.4) is 0 Å². The molecule has 4 nitrogen and oxygen atoms in total. The molecule has 0 spiro atoms. The molecule has 1 heterocycles. The number of anilines is 3. The van der Waals surface area contributed by atoms with Gasteiger partial charge in [-0.1, -0.05) is 15.9 Å². The van der Waals surface area contributed by atoms with E-state index in [1.54, 1.807) is 42.6 Å². The van der Waals surface area contributed by atoms with E-state index in [0.717, 1.165) is 4.47 Å². The van der Waals surface area contributed by atoms with Gasteiger partial charge in [-0.05, 0) is 60.7 Å². The second-order valence-corrected chi connectivity index (χ2v) is 5.94. The molecular formula is C18H13BrFN3O. The average molecular weight is 386 g/mol. The van der Waals surface area contributed by atoms with Crippen LogP contribution in [0.25, 0.3) is 0 Å². The van der Waals surface area contributed by atoms with Crippen molar-refractivity contribution in [3.05, 3.63) is 82.7 Å². The number of rotatable bonds is 4. The zero-order valence-corrected chi connectivity index (χ0v) is 14.0. The minimum absolute atomic E-state index is 0.234. The molecule has 0 fully saturated rings. The van der Waals surface area contributed by atoms with Crippen molar-refractivity contribution >= 4 is 39.0 Å². The molecule has 2 aromatic carbocycles. The molecule has 1 amide bonds. The Hall–Kier alpha value is -2.73. The van der Waals surface area contributed by atoms with E-state index >= 15 is 0 Å². The molecular weight excluding hydrogens is 373 g/mol. The van der Waals surface area contributed by atoms with Crippen LogP contribution >= 0.6 is 15.9 Å². The van der Waals surface area contributed by atoms with E-state index in [9.17, 15) is 9.18 Å². The summed E-state index contributed by atoms with van der Waals surface area (Å²) in [6.45, 7) is 0. The third-order valence-electron chi connectivity index (χ3n) is 3.24. The monoisotopic (exact) mass is 385 g/mol. The van der Waals surface area contributed by atoms with Crippen molar-refractivity contribution in [3.63, 3.8) is 0 Å². The highest BCUT2D eigenvalue weighted by Gasteiger charge is 2.08. The lowest BCUT2D eigenvalue weighted by molar-refractivity contribution is 0.102. The van der Waals surface area contributed by atoms with Crippen LogP contribution in [-0.2, 0) is 0 Å². The summed E-state index contributed by atoms with van der Waals surface area (Å²) in [5, 5.41) is 5.85. The number of carbonyl (C=O) groups is 1. The topological polar surface area (TPSA) is 54.0 Å². The van der Waals surface area contributed by atoms with Crippen LogP contribution in [-0.4, -0.2) is 10.9 Å². The third-order valence-corrected chi connectivity index (χ3v) is 3.77. The summed E-state index contributed by atoms with van der Waals surface area (Å²) in [4.78, 5) is 16.5. The second-order valence-electron chi connectivity index (χ2n) is 5.02. The average Bonchev–Trinajstić information content (AvgIpc) is 2.59. The Kier molecular flexibility index (Phi) is 4.86. The number of nitrogens with zero attached hydrogens (tertiary/aromatic N) is 1. The molecule has 6 heteroatoms. The van der Waals surface area contributed by atoms with Crippen LogP contribution in [0, 0.1) is 5.82 Å². The van der Waals surface area contributed by atoms with Crippen molar-refractivity contribution in [2.45, 2.75) is 0 Å². The first-order chi connectivity index (χ1) is 11.6. The molecule has 3 rings (SSSR count). The summed E-state index contributed by atoms with van der Waals surface area (Å²) in [6, 6.07) is 16.5. The fourth-order valence-electron chi connectivity index (χ4n) is 2.06. The summed E-state index contributed by atoms with van der Waals surface area (Å²) >= 11 is 3.35. The maximum Gasteiger partial charge on any atom is 0.255 e. The van der Waals surface area contributed by atoms with E-state index in [-0.39, 0.29) is 11.7 Å². The summed E-state index contributed by atoms with van der Waals surface area (Å²) in [5.41, 5.74) is 1.86. The molecule has 120 valence electrons. The summed E-state index contributed by atoms with van der Waals surface area (Å²) in [5.74, 6) is -0.0388. The van der Waals surface area contributed by atoms with Gasteiger partial charge in [-0.15, -0.1) is 0 Å². The van der Waals surface area contributed by atoms with Crippen LogP contribution in [0.4, 0.5) is 21.6 Å². The number of pyridine rings is 1. The van der Waals surface area contributed by atoms with Crippen molar-refractivity contribution in [2.75, 3.05) is 10.6 Å². The van der Waals surface area contributed by atoms with Gasteiger partial charge in [0.05, 0.1) is 0 Å². The molecule has 3 aromatic rings. The molecule has 0 saturated heterocycles. The Balaban J connectivity index is 1.73. The van der Waals surface area contributed by atoms with E-state index in [0.29, 0.717) is 22.8 Å². The number of nitrogens with one attached hydrogen (secondary N) is 2. The van der Waals surface area contributed by atoms with E-state index in [4.69, 9.17) is 0 Å². The van der Waals surface area contributed by atoms with Crippen LogP contribution < -0.4 is 10.6 Å². The summed E-state index contributed by atoms with van der Waals surface area (Å²) < 4.78 is 13.9. The first-order valence-electron chi connectivity index (χ1n) is 7.16. The van der Waals surface area contributed by atoms with Crippen molar-refractivity contribution in [1.82, 2.24) is 4.98 Å².